The Labute approximate surface area is 123 Å². The number of non-ortho nitro benzene ring substituents is 1. The first-order chi connectivity index (χ1) is 9.60. The molecule has 2 N–H and O–H groups in total. The van der Waals surface area contributed by atoms with Crippen LogP contribution in [0.5, 0.6) is 0 Å². The van der Waals surface area contributed by atoms with Crippen LogP contribution in [-0.2, 0) is 0 Å². The molecule has 0 saturated heterocycles. The smallest absolute Gasteiger partial charge is 0.270 e. The Bertz CT molecular complexity index is 541. The number of amides is 1. The second-order valence-corrected chi connectivity index (χ2v) is 5.73. The lowest BCUT2D eigenvalue weighted by Gasteiger charge is -2.27. The molecule has 7 heteroatoms. The number of nitrogens with one attached hydrogen (secondary N) is 1. The summed E-state index contributed by atoms with van der Waals surface area (Å²) in [5.74, 6) is -0.444. The Morgan fingerprint density at radius 2 is 2.05 bits per heavy atom. The minimum atomic E-state index is -1.07. The van der Waals surface area contributed by atoms with Crippen molar-refractivity contribution in [3.63, 3.8) is 0 Å². The molecule has 0 heterocycles. The van der Waals surface area contributed by atoms with Crippen molar-refractivity contribution in [2.75, 3.05) is 27.2 Å². The topological polar surface area (TPSA) is 95.7 Å². The first kappa shape index (κ1) is 17.1. The summed E-state index contributed by atoms with van der Waals surface area (Å²) >= 11 is 0. The van der Waals surface area contributed by atoms with Crippen LogP contribution >= 0.6 is 0 Å². The second-order valence-electron chi connectivity index (χ2n) is 5.73. The van der Waals surface area contributed by atoms with Crippen LogP contribution in [0.3, 0.4) is 0 Å². The largest absolute Gasteiger partial charge is 0.387 e. The number of nitro groups is 1. The number of likely N-dealkylation sites (N-methyl/N-ethyl adjacent to an activating group) is 1. The van der Waals surface area contributed by atoms with Crippen LogP contribution in [0.2, 0.25) is 0 Å². The Morgan fingerprint density at radius 3 is 2.57 bits per heavy atom. The highest BCUT2D eigenvalue weighted by molar-refractivity contribution is 5.95. The molecular weight excluding hydrogens is 274 g/mol. The molecule has 0 fully saturated rings. The van der Waals surface area contributed by atoms with E-state index in [1.54, 1.807) is 19.9 Å². The quantitative estimate of drug-likeness (QED) is 0.601. The molecule has 1 aromatic rings. The zero-order valence-corrected chi connectivity index (χ0v) is 12.7. The van der Waals surface area contributed by atoms with Crippen LogP contribution in [0.15, 0.2) is 18.2 Å². The summed E-state index contributed by atoms with van der Waals surface area (Å²) in [5.41, 5.74) is -0.355. The molecule has 21 heavy (non-hydrogen) atoms. The van der Waals surface area contributed by atoms with Crippen LogP contribution < -0.4 is 5.32 Å². The zero-order valence-electron chi connectivity index (χ0n) is 12.7. The lowest BCUT2D eigenvalue weighted by molar-refractivity contribution is -0.384. The summed E-state index contributed by atoms with van der Waals surface area (Å²) in [6, 6.07) is 4.20. The summed E-state index contributed by atoms with van der Waals surface area (Å²) in [6.45, 7) is 3.75. The van der Waals surface area contributed by atoms with Gasteiger partial charge in [0.25, 0.3) is 11.6 Å². The summed E-state index contributed by atoms with van der Waals surface area (Å²) in [6.07, 6.45) is 0. The van der Waals surface area contributed by atoms with Gasteiger partial charge in [-0.2, -0.15) is 0 Å². The molecule has 0 radical (unpaired) electrons. The summed E-state index contributed by atoms with van der Waals surface area (Å²) in [5, 5.41) is 23.5. The molecule has 0 aliphatic carbocycles. The predicted molar refractivity (Wildman–Crippen MR) is 79.3 cm³/mol. The maximum atomic E-state index is 12.0. The highest BCUT2D eigenvalue weighted by Gasteiger charge is 2.23. The summed E-state index contributed by atoms with van der Waals surface area (Å²) < 4.78 is 0. The third-order valence-electron chi connectivity index (χ3n) is 2.82. The fraction of sp³-hybridized carbons (Fsp3) is 0.500. The van der Waals surface area contributed by atoms with Crippen molar-refractivity contribution in [3.05, 3.63) is 39.4 Å². The van der Waals surface area contributed by atoms with E-state index in [1.165, 1.54) is 12.1 Å². The van der Waals surface area contributed by atoms with Gasteiger partial charge in [-0.25, -0.2) is 0 Å². The van der Waals surface area contributed by atoms with Gasteiger partial charge in [0, 0.05) is 30.8 Å². The second kappa shape index (κ2) is 6.64. The molecule has 1 rings (SSSR count). The van der Waals surface area contributed by atoms with Gasteiger partial charge in [-0.1, -0.05) is 0 Å². The number of carbonyl (C=O) groups excluding carboxylic acids is 1. The van der Waals surface area contributed by atoms with E-state index in [-0.39, 0.29) is 17.8 Å². The number of nitro benzene ring substituents is 1. The monoisotopic (exact) mass is 295 g/mol. The minimum absolute atomic E-state index is 0.0613. The Balaban J connectivity index is 2.79. The van der Waals surface area contributed by atoms with Gasteiger partial charge < -0.3 is 15.3 Å². The molecule has 0 aromatic heterocycles. The molecule has 0 aliphatic heterocycles. The molecule has 7 nitrogen and oxygen atoms in total. The number of benzene rings is 1. The van der Waals surface area contributed by atoms with Crippen molar-refractivity contribution in [2.45, 2.75) is 19.4 Å². The van der Waals surface area contributed by atoms with Crippen LogP contribution in [0.1, 0.15) is 22.8 Å². The highest BCUT2D eigenvalue weighted by Crippen LogP contribution is 2.16. The van der Waals surface area contributed by atoms with Gasteiger partial charge in [-0.05, 0) is 39.6 Å². The number of hydrogen-bond donors (Lipinski definition) is 2. The summed E-state index contributed by atoms with van der Waals surface area (Å²) in [4.78, 5) is 24.1. The van der Waals surface area contributed by atoms with Crippen LogP contribution in [0, 0.1) is 17.0 Å². The minimum Gasteiger partial charge on any atom is -0.387 e. The first-order valence-corrected chi connectivity index (χ1v) is 6.52. The average Bonchev–Trinajstić information content (AvgIpc) is 2.33. The van der Waals surface area contributed by atoms with E-state index in [0.717, 1.165) is 0 Å². The molecule has 1 aromatic carbocycles. The van der Waals surface area contributed by atoms with Gasteiger partial charge in [0.2, 0.25) is 0 Å². The lowest BCUT2D eigenvalue weighted by Crippen LogP contribution is -2.47. The maximum absolute atomic E-state index is 12.0. The molecule has 1 unspecified atom stereocenters. The van der Waals surface area contributed by atoms with Gasteiger partial charge in [-0.3, -0.25) is 14.9 Å². The Morgan fingerprint density at radius 1 is 1.43 bits per heavy atom. The van der Waals surface area contributed by atoms with Crippen molar-refractivity contribution >= 4 is 11.6 Å². The number of rotatable bonds is 6. The van der Waals surface area contributed by atoms with Gasteiger partial charge in [-0.15, -0.1) is 0 Å². The number of hydrogen-bond acceptors (Lipinski definition) is 5. The van der Waals surface area contributed by atoms with Gasteiger partial charge in [0.1, 0.15) is 0 Å². The fourth-order valence-corrected chi connectivity index (χ4v) is 2.11. The average molecular weight is 295 g/mol. The fourth-order valence-electron chi connectivity index (χ4n) is 2.11. The summed E-state index contributed by atoms with van der Waals surface area (Å²) in [7, 11) is 3.64. The van der Waals surface area contributed by atoms with E-state index in [9.17, 15) is 20.0 Å². The predicted octanol–water partition coefficient (Wildman–Crippen LogP) is 0.946. The molecule has 116 valence electrons. The van der Waals surface area contributed by atoms with Crippen molar-refractivity contribution < 1.29 is 14.8 Å². The third-order valence-corrected chi connectivity index (χ3v) is 2.82. The van der Waals surface area contributed by atoms with Crippen molar-refractivity contribution in [3.8, 4) is 0 Å². The Kier molecular flexibility index (Phi) is 5.40. The lowest BCUT2D eigenvalue weighted by atomic mass is 10.1. The number of nitrogens with zero attached hydrogens (tertiary/aromatic N) is 2. The highest BCUT2D eigenvalue weighted by atomic mass is 16.6. The van der Waals surface area contributed by atoms with Crippen molar-refractivity contribution in [1.29, 1.82) is 0 Å². The van der Waals surface area contributed by atoms with Crippen molar-refractivity contribution in [1.82, 2.24) is 10.2 Å². The van der Waals surface area contributed by atoms with Gasteiger partial charge in [0.15, 0.2) is 0 Å². The van der Waals surface area contributed by atoms with Crippen LogP contribution in [0.4, 0.5) is 5.69 Å². The maximum Gasteiger partial charge on any atom is 0.270 e. The normalized spacial score (nSPS) is 13.8. The van der Waals surface area contributed by atoms with Crippen LogP contribution in [0.25, 0.3) is 0 Å². The molecular formula is C14H21N3O4. The molecule has 0 aliphatic rings. The standard InChI is InChI=1S/C14H21N3O4/c1-10-5-11(7-12(6-10)17(20)21)13(18)15-8-14(2,19)9-16(3)4/h5-7,19H,8-9H2,1-4H3,(H,15,18). The van der Waals surface area contributed by atoms with E-state index < -0.39 is 16.4 Å². The van der Waals surface area contributed by atoms with Gasteiger partial charge in [0.05, 0.1) is 10.5 Å². The molecule has 0 spiro atoms. The number of carbonyl (C=O) groups is 1. The first-order valence-electron chi connectivity index (χ1n) is 6.52. The van der Waals surface area contributed by atoms with E-state index in [0.29, 0.717) is 12.1 Å². The number of aliphatic hydroxyl groups is 1. The molecule has 0 saturated carbocycles. The van der Waals surface area contributed by atoms with Crippen molar-refractivity contribution in [2.24, 2.45) is 0 Å². The zero-order chi connectivity index (χ0) is 16.2. The molecule has 0 bridgehead atoms. The van der Waals surface area contributed by atoms with E-state index in [1.807, 2.05) is 19.0 Å². The van der Waals surface area contributed by atoms with E-state index >= 15 is 0 Å². The third kappa shape index (κ3) is 5.49. The Hall–Kier alpha value is -1.99. The van der Waals surface area contributed by atoms with E-state index in [2.05, 4.69) is 5.32 Å². The van der Waals surface area contributed by atoms with Gasteiger partial charge >= 0.3 is 0 Å². The van der Waals surface area contributed by atoms with E-state index in [4.69, 9.17) is 0 Å². The number of aryl methyl sites for hydroxylation is 1. The molecule has 1 amide bonds. The molecule has 1 atom stereocenters. The van der Waals surface area contributed by atoms with Crippen LogP contribution in [-0.4, -0.2) is 53.6 Å². The SMILES string of the molecule is Cc1cc(C(=O)NCC(C)(O)CN(C)C)cc([N+](=O)[O-])c1.